The third-order valence-electron chi connectivity index (χ3n) is 3.07. The highest BCUT2D eigenvalue weighted by Gasteiger charge is 2.20. The van der Waals surface area contributed by atoms with Gasteiger partial charge in [-0.2, -0.15) is 5.26 Å². The zero-order valence-electron chi connectivity index (χ0n) is 11.9. The van der Waals surface area contributed by atoms with Crippen LogP contribution in [0.4, 0.5) is 11.4 Å². The van der Waals surface area contributed by atoms with E-state index in [1.54, 1.807) is 25.1 Å². The van der Waals surface area contributed by atoms with Crippen LogP contribution in [0.5, 0.6) is 0 Å². The number of likely N-dealkylation sites (N-methyl/N-ethyl adjacent to an activating group) is 1. The van der Waals surface area contributed by atoms with E-state index in [2.05, 4.69) is 11.4 Å². The van der Waals surface area contributed by atoms with Gasteiger partial charge >= 0.3 is 0 Å². The molecule has 0 fully saturated rings. The number of carbonyl (C=O) groups is 1. The first-order valence-electron chi connectivity index (χ1n) is 6.31. The number of nitriles is 1. The minimum Gasteiger partial charge on any atom is -0.399 e. The third-order valence-corrected chi connectivity index (χ3v) is 3.39. The summed E-state index contributed by atoms with van der Waals surface area (Å²) in [5.41, 5.74) is 6.67. The van der Waals surface area contributed by atoms with Gasteiger partial charge in [0.2, 0.25) is 5.91 Å². The second-order valence-corrected chi connectivity index (χ2v) is 5.28. The van der Waals surface area contributed by atoms with E-state index in [9.17, 15) is 4.79 Å². The Labute approximate surface area is 124 Å². The lowest BCUT2D eigenvalue weighted by molar-refractivity contribution is -0.120. The summed E-state index contributed by atoms with van der Waals surface area (Å²) < 4.78 is 0. The Kier molecular flexibility index (Phi) is 5.81. The number of amides is 1. The van der Waals surface area contributed by atoms with Gasteiger partial charge in [-0.15, -0.1) is 0 Å². The molecule has 0 spiro atoms. The van der Waals surface area contributed by atoms with Crippen molar-refractivity contribution >= 4 is 28.9 Å². The van der Waals surface area contributed by atoms with Crippen molar-refractivity contribution in [2.45, 2.75) is 19.9 Å². The number of anilines is 2. The Bertz CT molecular complexity index is 526. The van der Waals surface area contributed by atoms with E-state index in [1.807, 2.05) is 18.9 Å². The lowest BCUT2D eigenvalue weighted by Crippen LogP contribution is -2.41. The van der Waals surface area contributed by atoms with E-state index in [4.69, 9.17) is 22.6 Å². The summed E-state index contributed by atoms with van der Waals surface area (Å²) in [7, 11) is 1.81. The third kappa shape index (κ3) is 4.41. The fourth-order valence-electron chi connectivity index (χ4n) is 1.70. The summed E-state index contributed by atoms with van der Waals surface area (Å²) in [6.07, 6.45) is 0. The second kappa shape index (κ2) is 7.13. The van der Waals surface area contributed by atoms with Crippen LogP contribution in [0.25, 0.3) is 0 Å². The molecule has 1 rings (SSSR count). The van der Waals surface area contributed by atoms with Crippen LogP contribution in [0.15, 0.2) is 18.2 Å². The lowest BCUT2D eigenvalue weighted by Gasteiger charge is -2.24. The molecule has 0 aliphatic rings. The predicted molar refractivity (Wildman–Crippen MR) is 81.4 cm³/mol. The number of nitrogens with two attached hydrogens (primary N) is 1. The van der Waals surface area contributed by atoms with Crippen LogP contribution in [-0.4, -0.2) is 30.4 Å². The van der Waals surface area contributed by atoms with Crippen LogP contribution < -0.4 is 11.1 Å². The minimum absolute atomic E-state index is 0.129. The predicted octanol–water partition coefficient (Wildman–Crippen LogP) is 2.34. The van der Waals surface area contributed by atoms with Crippen LogP contribution >= 0.6 is 11.6 Å². The highest BCUT2D eigenvalue weighted by molar-refractivity contribution is 6.34. The number of hydrogen-bond acceptors (Lipinski definition) is 4. The Morgan fingerprint density at radius 1 is 1.55 bits per heavy atom. The van der Waals surface area contributed by atoms with Gasteiger partial charge in [0.1, 0.15) is 0 Å². The zero-order valence-corrected chi connectivity index (χ0v) is 12.6. The molecule has 0 aromatic heterocycles. The molecule has 1 aromatic rings. The van der Waals surface area contributed by atoms with Crippen molar-refractivity contribution in [3.8, 4) is 6.07 Å². The molecule has 20 heavy (non-hydrogen) atoms. The average Bonchev–Trinajstić information content (AvgIpc) is 2.40. The number of nitrogen functional groups attached to an aromatic ring is 1. The number of nitrogens with zero attached hydrogens (tertiary/aromatic N) is 2. The maximum atomic E-state index is 12.1. The lowest BCUT2D eigenvalue weighted by atomic mass is 10.1. The first kappa shape index (κ1) is 16.3. The van der Waals surface area contributed by atoms with Crippen LogP contribution in [0, 0.1) is 17.2 Å². The van der Waals surface area contributed by atoms with E-state index in [-0.39, 0.29) is 17.9 Å². The largest absolute Gasteiger partial charge is 0.399 e. The quantitative estimate of drug-likeness (QED) is 0.817. The van der Waals surface area contributed by atoms with Gasteiger partial charge in [-0.3, -0.25) is 9.69 Å². The van der Waals surface area contributed by atoms with Gasteiger partial charge in [0, 0.05) is 12.2 Å². The highest BCUT2D eigenvalue weighted by Crippen LogP contribution is 2.24. The first-order chi connectivity index (χ1) is 9.35. The van der Waals surface area contributed by atoms with Gasteiger partial charge in [0.05, 0.1) is 28.7 Å². The van der Waals surface area contributed by atoms with Crippen LogP contribution in [0.3, 0.4) is 0 Å². The number of hydrogen-bond donors (Lipinski definition) is 2. The van der Waals surface area contributed by atoms with Gasteiger partial charge in [-0.25, -0.2) is 0 Å². The molecule has 0 saturated heterocycles. The molecule has 0 bridgehead atoms. The number of carbonyl (C=O) groups excluding carboxylic acids is 1. The molecule has 0 saturated carbocycles. The molecule has 0 heterocycles. The van der Waals surface area contributed by atoms with E-state index in [0.29, 0.717) is 22.9 Å². The Balaban J connectivity index is 2.68. The fraction of sp³-hybridized carbons (Fsp3) is 0.429. The summed E-state index contributed by atoms with van der Waals surface area (Å²) in [4.78, 5) is 14.0. The molecule has 0 radical (unpaired) electrons. The van der Waals surface area contributed by atoms with Gasteiger partial charge in [-0.1, -0.05) is 11.6 Å². The van der Waals surface area contributed by atoms with Gasteiger partial charge in [0.15, 0.2) is 0 Å². The number of rotatable bonds is 5. The van der Waals surface area contributed by atoms with E-state index in [0.717, 1.165) is 0 Å². The Morgan fingerprint density at radius 3 is 2.75 bits per heavy atom. The summed E-state index contributed by atoms with van der Waals surface area (Å²) in [6.45, 7) is 4.13. The maximum Gasteiger partial charge on any atom is 0.241 e. The van der Waals surface area contributed by atoms with Crippen molar-refractivity contribution in [3.63, 3.8) is 0 Å². The zero-order chi connectivity index (χ0) is 15.3. The van der Waals surface area contributed by atoms with E-state index >= 15 is 0 Å². The Morgan fingerprint density at radius 2 is 2.20 bits per heavy atom. The minimum atomic E-state index is -0.362. The van der Waals surface area contributed by atoms with Crippen molar-refractivity contribution in [1.29, 1.82) is 5.26 Å². The van der Waals surface area contributed by atoms with Gasteiger partial charge in [-0.05, 0) is 39.1 Å². The number of nitrogens with one attached hydrogen (secondary N) is 1. The van der Waals surface area contributed by atoms with Crippen LogP contribution in [-0.2, 0) is 4.79 Å². The first-order valence-corrected chi connectivity index (χ1v) is 6.68. The van der Waals surface area contributed by atoms with Crippen molar-refractivity contribution in [3.05, 3.63) is 23.2 Å². The molecule has 108 valence electrons. The molecule has 5 nitrogen and oxygen atoms in total. The van der Waals surface area contributed by atoms with Crippen LogP contribution in [0.1, 0.15) is 13.8 Å². The van der Waals surface area contributed by atoms with E-state index < -0.39 is 0 Å². The molecule has 1 aromatic carbocycles. The average molecular weight is 295 g/mol. The van der Waals surface area contributed by atoms with E-state index in [1.165, 1.54) is 0 Å². The van der Waals surface area contributed by atoms with Crippen molar-refractivity contribution in [2.75, 3.05) is 24.6 Å². The smallest absolute Gasteiger partial charge is 0.241 e. The molecule has 2 atom stereocenters. The second-order valence-electron chi connectivity index (χ2n) is 4.87. The fourth-order valence-corrected chi connectivity index (χ4v) is 1.94. The summed E-state index contributed by atoms with van der Waals surface area (Å²) in [5, 5.41) is 12.0. The van der Waals surface area contributed by atoms with Crippen molar-refractivity contribution in [1.82, 2.24) is 4.90 Å². The topological polar surface area (TPSA) is 82.2 Å². The SMILES string of the molecule is CC(C#N)CN(C)C(C)C(=O)Nc1ccc(N)cc1Cl. The molecular weight excluding hydrogens is 276 g/mol. The summed E-state index contributed by atoms with van der Waals surface area (Å²) in [5.74, 6) is -0.306. The molecule has 2 unspecified atom stereocenters. The van der Waals surface area contributed by atoms with Gasteiger partial charge in [0.25, 0.3) is 0 Å². The molecule has 0 aliphatic heterocycles. The Hall–Kier alpha value is -1.77. The van der Waals surface area contributed by atoms with Crippen LogP contribution in [0.2, 0.25) is 5.02 Å². The highest BCUT2D eigenvalue weighted by atomic mass is 35.5. The number of halogens is 1. The molecule has 0 aliphatic carbocycles. The van der Waals surface area contributed by atoms with Crippen molar-refractivity contribution < 1.29 is 4.79 Å². The monoisotopic (exact) mass is 294 g/mol. The standard InChI is InChI=1S/C14H19ClN4O/c1-9(7-16)8-19(3)10(2)14(20)18-13-5-4-11(17)6-12(13)15/h4-6,9-10H,8,17H2,1-3H3,(H,18,20). The summed E-state index contributed by atoms with van der Waals surface area (Å²) >= 11 is 6.01. The molecular formula is C14H19ClN4O. The van der Waals surface area contributed by atoms with Crippen molar-refractivity contribution in [2.24, 2.45) is 5.92 Å². The molecule has 6 heteroatoms. The molecule has 1 amide bonds. The molecule has 3 N–H and O–H groups in total. The summed E-state index contributed by atoms with van der Waals surface area (Å²) in [6, 6.07) is 6.71. The maximum absolute atomic E-state index is 12.1. The van der Waals surface area contributed by atoms with Gasteiger partial charge < -0.3 is 11.1 Å². The normalized spacial score (nSPS) is 13.6. The number of benzene rings is 1.